The van der Waals surface area contributed by atoms with Crippen LogP contribution in [-0.4, -0.2) is 45.4 Å². The van der Waals surface area contributed by atoms with Crippen molar-refractivity contribution >= 4 is 10.9 Å². The number of imidazole rings is 1. The van der Waals surface area contributed by atoms with Gasteiger partial charge in [0, 0.05) is 54.6 Å². The lowest BCUT2D eigenvalue weighted by Gasteiger charge is -2.06. The van der Waals surface area contributed by atoms with E-state index in [1.54, 1.807) is 40.1 Å². The Kier molecular flexibility index (Phi) is 6.05. The highest BCUT2D eigenvalue weighted by Gasteiger charge is 2.19. The Morgan fingerprint density at radius 2 is 1.50 bits per heavy atom. The number of ether oxygens (including phenoxy) is 3. The van der Waals surface area contributed by atoms with Crippen LogP contribution in [-0.2, 0) is 14.1 Å². The monoisotopic (exact) mass is 479 g/mol. The number of aryl methyl sites for hydroxylation is 2. The summed E-state index contributed by atoms with van der Waals surface area (Å²) < 4.78 is 20.1. The summed E-state index contributed by atoms with van der Waals surface area (Å²) in [5.74, 6) is 8.12. The second-order valence-electron chi connectivity index (χ2n) is 8.21. The first-order valence-electron chi connectivity index (χ1n) is 11.2. The van der Waals surface area contributed by atoms with Crippen molar-refractivity contribution in [1.29, 1.82) is 0 Å². The van der Waals surface area contributed by atoms with E-state index in [1.165, 1.54) is 0 Å². The van der Waals surface area contributed by atoms with E-state index >= 15 is 0 Å². The molecule has 0 saturated carbocycles. The van der Waals surface area contributed by atoms with Crippen molar-refractivity contribution < 1.29 is 14.2 Å². The Morgan fingerprint density at radius 3 is 2.11 bits per heavy atom. The molecule has 0 saturated heterocycles. The van der Waals surface area contributed by atoms with E-state index in [0.717, 1.165) is 44.5 Å². The lowest BCUT2D eigenvalue weighted by Crippen LogP contribution is -1.97. The SMILES string of the molecule is COc1cc(C#Cc2c(-c3cncn3C)n(C)c3ccc(-c4cnc(OC)nc4)cc23)cc(OC)c1. The molecule has 180 valence electrons. The van der Waals surface area contributed by atoms with Gasteiger partial charge < -0.3 is 23.3 Å². The highest BCUT2D eigenvalue weighted by atomic mass is 16.5. The molecule has 0 aliphatic rings. The summed E-state index contributed by atoms with van der Waals surface area (Å²) in [6.07, 6.45) is 7.15. The number of rotatable bonds is 5. The fourth-order valence-electron chi connectivity index (χ4n) is 4.22. The third-order valence-corrected chi connectivity index (χ3v) is 6.09. The second kappa shape index (κ2) is 9.47. The van der Waals surface area contributed by atoms with Gasteiger partial charge in [0.1, 0.15) is 11.5 Å². The summed E-state index contributed by atoms with van der Waals surface area (Å²) >= 11 is 0. The molecule has 8 nitrogen and oxygen atoms in total. The molecule has 0 spiro atoms. The molecule has 5 aromatic rings. The molecule has 0 atom stereocenters. The molecule has 0 fully saturated rings. The number of methoxy groups -OCH3 is 3. The van der Waals surface area contributed by atoms with Gasteiger partial charge in [-0.15, -0.1) is 0 Å². The first kappa shape index (κ1) is 23.0. The van der Waals surface area contributed by atoms with Gasteiger partial charge in [-0.2, -0.15) is 0 Å². The lowest BCUT2D eigenvalue weighted by molar-refractivity contribution is 0.380. The van der Waals surface area contributed by atoms with Crippen LogP contribution in [0.5, 0.6) is 17.5 Å². The minimum atomic E-state index is 0.332. The number of hydrogen-bond acceptors (Lipinski definition) is 6. The molecule has 8 heteroatoms. The molecule has 0 aliphatic carbocycles. The summed E-state index contributed by atoms with van der Waals surface area (Å²) in [5.41, 5.74) is 6.56. The van der Waals surface area contributed by atoms with Gasteiger partial charge in [0.25, 0.3) is 0 Å². The quantitative estimate of drug-likeness (QED) is 0.347. The third-order valence-electron chi connectivity index (χ3n) is 6.09. The van der Waals surface area contributed by atoms with Crippen LogP contribution in [0.15, 0.2) is 61.3 Å². The minimum absolute atomic E-state index is 0.332. The molecule has 0 radical (unpaired) electrons. The zero-order valence-electron chi connectivity index (χ0n) is 20.7. The standard InChI is InChI=1S/C28H25N5O3/c1-32-17-29-16-26(32)27-23(8-6-18-10-21(34-3)13-22(11-18)35-4)24-12-19(7-9-25(24)33(27)2)20-14-30-28(36-5)31-15-20/h7,9-17H,1-5H3. The van der Waals surface area contributed by atoms with Crippen molar-refractivity contribution in [2.45, 2.75) is 0 Å². The van der Waals surface area contributed by atoms with E-state index in [1.807, 2.05) is 43.1 Å². The molecule has 0 unspecified atom stereocenters. The summed E-state index contributed by atoms with van der Waals surface area (Å²) in [5, 5.41) is 1.02. The number of hydrogen-bond donors (Lipinski definition) is 0. The van der Waals surface area contributed by atoms with Gasteiger partial charge in [0.2, 0.25) is 0 Å². The summed E-state index contributed by atoms with van der Waals surface area (Å²) in [6.45, 7) is 0. The van der Waals surface area contributed by atoms with Crippen LogP contribution in [0.1, 0.15) is 11.1 Å². The van der Waals surface area contributed by atoms with Crippen molar-refractivity contribution in [3.63, 3.8) is 0 Å². The van der Waals surface area contributed by atoms with Crippen molar-refractivity contribution in [1.82, 2.24) is 24.1 Å². The van der Waals surface area contributed by atoms with Gasteiger partial charge in [-0.05, 0) is 29.8 Å². The van der Waals surface area contributed by atoms with Crippen molar-refractivity contribution in [3.05, 3.63) is 72.4 Å². The highest BCUT2D eigenvalue weighted by molar-refractivity contribution is 5.97. The summed E-state index contributed by atoms with van der Waals surface area (Å²) in [4.78, 5) is 12.9. The van der Waals surface area contributed by atoms with E-state index in [-0.39, 0.29) is 0 Å². The zero-order valence-corrected chi connectivity index (χ0v) is 20.7. The van der Waals surface area contributed by atoms with Crippen LogP contribution in [0.4, 0.5) is 0 Å². The average molecular weight is 480 g/mol. The molecule has 5 rings (SSSR count). The molecule has 36 heavy (non-hydrogen) atoms. The Bertz CT molecular complexity index is 1600. The normalized spacial score (nSPS) is 10.7. The first-order chi connectivity index (χ1) is 17.5. The lowest BCUT2D eigenvalue weighted by atomic mass is 10.0. The van der Waals surface area contributed by atoms with Gasteiger partial charge in [0.05, 0.1) is 50.8 Å². The van der Waals surface area contributed by atoms with E-state index in [9.17, 15) is 0 Å². The van der Waals surface area contributed by atoms with E-state index < -0.39 is 0 Å². The van der Waals surface area contributed by atoms with Crippen LogP contribution >= 0.6 is 0 Å². The molecule has 3 heterocycles. The molecular weight excluding hydrogens is 454 g/mol. The molecular formula is C28H25N5O3. The molecule has 0 N–H and O–H groups in total. The van der Waals surface area contributed by atoms with Crippen LogP contribution in [0.3, 0.4) is 0 Å². The molecule has 0 bridgehead atoms. The third kappa shape index (κ3) is 4.12. The predicted octanol–water partition coefficient (Wildman–Crippen LogP) is 4.46. The van der Waals surface area contributed by atoms with Crippen LogP contribution in [0.2, 0.25) is 0 Å². The average Bonchev–Trinajstić information content (AvgIpc) is 3.46. The van der Waals surface area contributed by atoms with E-state index in [2.05, 4.69) is 49.6 Å². The number of benzene rings is 2. The predicted molar refractivity (Wildman–Crippen MR) is 138 cm³/mol. The van der Waals surface area contributed by atoms with Crippen LogP contribution in [0, 0.1) is 11.8 Å². The van der Waals surface area contributed by atoms with Crippen molar-refractivity contribution in [2.75, 3.05) is 21.3 Å². The van der Waals surface area contributed by atoms with Gasteiger partial charge in [-0.3, -0.25) is 0 Å². The van der Waals surface area contributed by atoms with Crippen LogP contribution < -0.4 is 14.2 Å². The minimum Gasteiger partial charge on any atom is -0.497 e. The fraction of sp³-hybridized carbons (Fsp3) is 0.179. The maximum Gasteiger partial charge on any atom is 0.316 e. The van der Waals surface area contributed by atoms with Crippen molar-refractivity contribution in [2.24, 2.45) is 14.1 Å². The van der Waals surface area contributed by atoms with Gasteiger partial charge in [-0.25, -0.2) is 15.0 Å². The Balaban J connectivity index is 1.73. The van der Waals surface area contributed by atoms with E-state index in [4.69, 9.17) is 14.2 Å². The van der Waals surface area contributed by atoms with Gasteiger partial charge in [-0.1, -0.05) is 17.9 Å². The largest absolute Gasteiger partial charge is 0.497 e. The maximum atomic E-state index is 5.42. The summed E-state index contributed by atoms with van der Waals surface area (Å²) in [6, 6.07) is 12.2. The smallest absolute Gasteiger partial charge is 0.316 e. The Hall–Kier alpha value is -4.77. The van der Waals surface area contributed by atoms with Crippen LogP contribution in [0.25, 0.3) is 33.4 Å². The second-order valence-corrected chi connectivity index (χ2v) is 8.21. The number of fused-ring (bicyclic) bond motifs is 1. The number of nitrogens with zero attached hydrogens (tertiary/aromatic N) is 5. The fourth-order valence-corrected chi connectivity index (χ4v) is 4.22. The topological polar surface area (TPSA) is 76.2 Å². The van der Waals surface area contributed by atoms with Gasteiger partial charge in [0.15, 0.2) is 0 Å². The zero-order chi connectivity index (χ0) is 25.2. The maximum absolute atomic E-state index is 5.42. The van der Waals surface area contributed by atoms with Gasteiger partial charge >= 0.3 is 6.01 Å². The molecule has 2 aromatic carbocycles. The Labute approximate surface area is 209 Å². The molecule has 0 aliphatic heterocycles. The number of aromatic nitrogens is 5. The first-order valence-corrected chi connectivity index (χ1v) is 11.2. The van der Waals surface area contributed by atoms with Crippen molar-refractivity contribution in [3.8, 4) is 51.9 Å². The highest BCUT2D eigenvalue weighted by Crippen LogP contribution is 2.35. The molecule has 3 aromatic heterocycles. The Morgan fingerprint density at radius 1 is 0.778 bits per heavy atom. The van der Waals surface area contributed by atoms with E-state index in [0.29, 0.717) is 17.5 Å². The summed E-state index contributed by atoms with van der Waals surface area (Å²) in [7, 11) is 8.82. The molecule has 0 amide bonds.